The average molecular weight is 302 g/mol. The molecule has 1 aromatic rings. The molecule has 2 fully saturated rings. The van der Waals surface area contributed by atoms with Gasteiger partial charge in [0.2, 0.25) is 0 Å². The second-order valence-electron chi connectivity index (χ2n) is 7.40. The van der Waals surface area contributed by atoms with E-state index in [0.717, 1.165) is 32.8 Å². The number of fused-ring (bicyclic) bond motifs is 1. The van der Waals surface area contributed by atoms with Crippen molar-refractivity contribution in [3.05, 3.63) is 35.4 Å². The molecule has 122 valence electrons. The maximum absolute atomic E-state index is 6.02. The van der Waals surface area contributed by atoms with Crippen LogP contribution in [0.2, 0.25) is 0 Å². The summed E-state index contributed by atoms with van der Waals surface area (Å²) in [6.07, 6.45) is 0.395. The van der Waals surface area contributed by atoms with Crippen molar-refractivity contribution < 1.29 is 4.74 Å². The molecular weight excluding hydrogens is 272 g/mol. The highest BCUT2D eigenvalue weighted by Gasteiger charge is 2.40. The molecule has 2 atom stereocenters. The number of hydrogen-bond donors (Lipinski definition) is 0. The third kappa shape index (κ3) is 3.37. The van der Waals surface area contributed by atoms with Gasteiger partial charge < -0.3 is 4.74 Å². The molecule has 2 aliphatic heterocycles. The van der Waals surface area contributed by atoms with Crippen LogP contribution in [-0.2, 0) is 11.3 Å². The molecule has 3 rings (SSSR count). The van der Waals surface area contributed by atoms with E-state index in [1.807, 2.05) is 0 Å². The Morgan fingerprint density at radius 1 is 1.09 bits per heavy atom. The molecule has 0 unspecified atom stereocenters. The Kier molecular flexibility index (Phi) is 4.86. The highest BCUT2D eigenvalue weighted by Crippen LogP contribution is 2.26. The number of morpholine rings is 1. The normalized spacial score (nSPS) is 26.8. The van der Waals surface area contributed by atoms with E-state index in [9.17, 15) is 0 Å². The van der Waals surface area contributed by atoms with Crippen LogP contribution >= 0.6 is 0 Å². The first-order chi connectivity index (χ1) is 10.5. The quantitative estimate of drug-likeness (QED) is 0.850. The van der Waals surface area contributed by atoms with E-state index in [1.165, 1.54) is 11.1 Å². The molecule has 0 radical (unpaired) electrons. The first kappa shape index (κ1) is 16.0. The van der Waals surface area contributed by atoms with Crippen molar-refractivity contribution in [3.63, 3.8) is 0 Å². The summed E-state index contributed by atoms with van der Waals surface area (Å²) in [5.41, 5.74) is 2.84. The van der Waals surface area contributed by atoms with Crippen molar-refractivity contribution in [3.8, 4) is 0 Å². The molecule has 0 amide bonds. The first-order valence-corrected chi connectivity index (χ1v) is 8.73. The van der Waals surface area contributed by atoms with E-state index in [2.05, 4.69) is 61.8 Å². The van der Waals surface area contributed by atoms with Crippen LogP contribution in [0.3, 0.4) is 0 Å². The lowest BCUT2D eigenvalue weighted by Crippen LogP contribution is -2.53. The van der Waals surface area contributed by atoms with E-state index in [-0.39, 0.29) is 0 Å². The van der Waals surface area contributed by atoms with Gasteiger partial charge in [-0.05, 0) is 30.9 Å². The van der Waals surface area contributed by atoms with Gasteiger partial charge in [0.15, 0.2) is 0 Å². The van der Waals surface area contributed by atoms with E-state index < -0.39 is 0 Å². The Hall–Kier alpha value is -0.900. The molecule has 3 heteroatoms. The zero-order valence-electron chi connectivity index (χ0n) is 14.5. The summed E-state index contributed by atoms with van der Waals surface area (Å²) < 4.78 is 6.02. The maximum atomic E-state index is 6.02. The molecule has 2 saturated heterocycles. The predicted octanol–water partition coefficient (Wildman–Crippen LogP) is 3.10. The van der Waals surface area contributed by atoms with Gasteiger partial charge in [0.25, 0.3) is 0 Å². The second-order valence-corrected chi connectivity index (χ2v) is 7.40. The summed E-state index contributed by atoms with van der Waals surface area (Å²) in [5.74, 6) is 0.608. The van der Waals surface area contributed by atoms with E-state index in [0.29, 0.717) is 24.1 Å². The fraction of sp³-hybridized carbons (Fsp3) is 0.684. The lowest BCUT2D eigenvalue weighted by Gasteiger charge is -2.39. The summed E-state index contributed by atoms with van der Waals surface area (Å²) in [6.45, 7) is 14.3. The first-order valence-electron chi connectivity index (χ1n) is 8.73. The molecule has 0 N–H and O–H groups in total. The van der Waals surface area contributed by atoms with Crippen LogP contribution < -0.4 is 0 Å². The van der Waals surface area contributed by atoms with Gasteiger partial charge in [0.1, 0.15) is 0 Å². The second kappa shape index (κ2) is 6.69. The zero-order valence-corrected chi connectivity index (χ0v) is 14.5. The molecule has 2 heterocycles. The number of nitrogens with zero attached hydrogens (tertiary/aromatic N) is 2. The van der Waals surface area contributed by atoms with Crippen molar-refractivity contribution >= 4 is 0 Å². The standard InChI is InChI=1S/C19H30N2O/c1-14(2)17-7-5-16(6-8-17)11-20-12-18-19(13-20)22-10-9-21(18)15(3)4/h5-8,14-15,18-19H,9-13H2,1-4H3/t18-,19-/m0/s1. The molecule has 2 aliphatic rings. The van der Waals surface area contributed by atoms with Gasteiger partial charge in [-0.15, -0.1) is 0 Å². The van der Waals surface area contributed by atoms with Gasteiger partial charge in [0, 0.05) is 32.2 Å². The van der Waals surface area contributed by atoms with Crippen molar-refractivity contribution in [1.82, 2.24) is 9.80 Å². The molecule has 1 aromatic carbocycles. The summed E-state index contributed by atoms with van der Waals surface area (Å²) in [7, 11) is 0. The number of hydrogen-bond acceptors (Lipinski definition) is 3. The van der Waals surface area contributed by atoms with Crippen LogP contribution in [0.1, 0.15) is 44.7 Å². The van der Waals surface area contributed by atoms with E-state index >= 15 is 0 Å². The summed E-state index contributed by atoms with van der Waals surface area (Å²) in [5, 5.41) is 0. The van der Waals surface area contributed by atoms with Gasteiger partial charge in [-0.2, -0.15) is 0 Å². The van der Waals surface area contributed by atoms with Crippen LogP contribution in [-0.4, -0.2) is 54.2 Å². The third-order valence-electron chi connectivity index (χ3n) is 5.14. The predicted molar refractivity (Wildman–Crippen MR) is 91.2 cm³/mol. The fourth-order valence-electron chi connectivity index (χ4n) is 3.83. The van der Waals surface area contributed by atoms with Gasteiger partial charge in [-0.25, -0.2) is 0 Å². The Labute approximate surface area is 135 Å². The number of rotatable bonds is 4. The summed E-state index contributed by atoms with van der Waals surface area (Å²) in [6, 6.07) is 10.3. The van der Waals surface area contributed by atoms with Gasteiger partial charge in [-0.3, -0.25) is 9.80 Å². The van der Waals surface area contributed by atoms with Crippen LogP contribution in [0.15, 0.2) is 24.3 Å². The Morgan fingerprint density at radius 2 is 1.82 bits per heavy atom. The van der Waals surface area contributed by atoms with E-state index in [1.54, 1.807) is 0 Å². The molecule has 22 heavy (non-hydrogen) atoms. The van der Waals surface area contributed by atoms with Crippen molar-refractivity contribution in [2.45, 2.75) is 58.3 Å². The molecule has 0 saturated carbocycles. The minimum atomic E-state index is 0.395. The Bertz CT molecular complexity index is 483. The molecular formula is C19H30N2O. The lowest BCUT2D eigenvalue weighted by molar-refractivity contribution is -0.0583. The lowest BCUT2D eigenvalue weighted by atomic mass is 10.0. The van der Waals surface area contributed by atoms with Crippen LogP contribution in [0.4, 0.5) is 0 Å². The largest absolute Gasteiger partial charge is 0.374 e. The maximum Gasteiger partial charge on any atom is 0.0870 e. The van der Waals surface area contributed by atoms with Crippen molar-refractivity contribution in [2.24, 2.45) is 0 Å². The molecule has 0 bridgehead atoms. The van der Waals surface area contributed by atoms with Gasteiger partial charge in [-0.1, -0.05) is 38.1 Å². The SMILES string of the molecule is CC(C)c1ccc(CN2C[C@@H]3OCCN(C(C)C)[C@H]3C2)cc1. The minimum Gasteiger partial charge on any atom is -0.374 e. The molecule has 0 spiro atoms. The number of benzene rings is 1. The van der Waals surface area contributed by atoms with Crippen LogP contribution in [0.25, 0.3) is 0 Å². The Morgan fingerprint density at radius 3 is 2.45 bits per heavy atom. The van der Waals surface area contributed by atoms with Gasteiger partial charge in [0.05, 0.1) is 18.8 Å². The van der Waals surface area contributed by atoms with Crippen LogP contribution in [0.5, 0.6) is 0 Å². The molecule has 0 aliphatic carbocycles. The molecule has 3 nitrogen and oxygen atoms in total. The average Bonchev–Trinajstić information content (AvgIpc) is 2.89. The minimum absolute atomic E-state index is 0.395. The van der Waals surface area contributed by atoms with E-state index in [4.69, 9.17) is 4.74 Å². The highest BCUT2D eigenvalue weighted by atomic mass is 16.5. The Balaban J connectivity index is 1.62. The highest BCUT2D eigenvalue weighted by molar-refractivity contribution is 5.24. The number of likely N-dealkylation sites (tertiary alicyclic amines) is 1. The zero-order chi connectivity index (χ0) is 15.7. The van der Waals surface area contributed by atoms with Gasteiger partial charge >= 0.3 is 0 Å². The monoisotopic (exact) mass is 302 g/mol. The fourth-order valence-corrected chi connectivity index (χ4v) is 3.83. The van der Waals surface area contributed by atoms with Crippen molar-refractivity contribution in [2.75, 3.05) is 26.2 Å². The summed E-state index contributed by atoms with van der Waals surface area (Å²) >= 11 is 0. The smallest absolute Gasteiger partial charge is 0.0870 e. The van der Waals surface area contributed by atoms with Crippen LogP contribution in [0, 0.1) is 0 Å². The molecule has 0 aromatic heterocycles. The number of ether oxygens (including phenoxy) is 1. The summed E-state index contributed by atoms with van der Waals surface area (Å²) in [4.78, 5) is 5.18. The topological polar surface area (TPSA) is 15.7 Å². The van der Waals surface area contributed by atoms with Crippen molar-refractivity contribution in [1.29, 1.82) is 0 Å². The third-order valence-corrected chi connectivity index (χ3v) is 5.14.